The number of aryl methyl sites for hydroxylation is 1. The van der Waals surface area contributed by atoms with Crippen LogP contribution in [-0.4, -0.2) is 22.1 Å². The molecule has 0 radical (unpaired) electrons. The van der Waals surface area contributed by atoms with Gasteiger partial charge in [0.1, 0.15) is 6.04 Å². The lowest BCUT2D eigenvalue weighted by Gasteiger charge is -2.05. The summed E-state index contributed by atoms with van der Waals surface area (Å²) in [5, 5.41) is 14.0. The van der Waals surface area contributed by atoms with Crippen LogP contribution in [0, 0.1) is 0 Å². The van der Waals surface area contributed by atoms with Gasteiger partial charge in [-0.3, -0.25) is 4.79 Å². The molecule has 1 aromatic heterocycles. The zero-order valence-corrected chi connectivity index (χ0v) is 8.39. The quantitative estimate of drug-likeness (QED) is 0.774. The van der Waals surface area contributed by atoms with Gasteiger partial charge in [0.15, 0.2) is 5.13 Å². The van der Waals surface area contributed by atoms with Gasteiger partial charge in [-0.25, -0.2) is 4.98 Å². The molecule has 13 heavy (non-hydrogen) atoms. The molecule has 1 rings (SSSR count). The fraction of sp³-hybridized carbons (Fsp3) is 0.500. The first-order valence-corrected chi connectivity index (χ1v) is 4.95. The van der Waals surface area contributed by atoms with Crippen LogP contribution in [0.2, 0.25) is 0 Å². The molecule has 5 heteroatoms. The zero-order chi connectivity index (χ0) is 9.84. The summed E-state index contributed by atoms with van der Waals surface area (Å²) in [6, 6.07) is -0.587. The number of hydrogen-bond donors (Lipinski definition) is 2. The average Bonchev–Trinajstić information content (AvgIpc) is 2.52. The number of aliphatic carboxylic acids is 1. The molecule has 0 aliphatic rings. The Morgan fingerprint density at radius 3 is 3.00 bits per heavy atom. The van der Waals surface area contributed by atoms with Crippen molar-refractivity contribution in [3.05, 3.63) is 11.1 Å². The van der Waals surface area contributed by atoms with Gasteiger partial charge in [-0.05, 0) is 13.3 Å². The number of aromatic nitrogens is 1. The minimum atomic E-state index is -0.867. The molecule has 1 aromatic rings. The summed E-state index contributed by atoms with van der Waals surface area (Å²) in [7, 11) is 0. The smallest absolute Gasteiger partial charge is 0.325 e. The summed E-state index contributed by atoms with van der Waals surface area (Å²) in [5.74, 6) is -0.867. The molecular formula is C8H12N2O2S. The van der Waals surface area contributed by atoms with Gasteiger partial charge in [0.05, 0.1) is 5.69 Å². The summed E-state index contributed by atoms with van der Waals surface area (Å²) < 4.78 is 0. The van der Waals surface area contributed by atoms with Gasteiger partial charge >= 0.3 is 5.97 Å². The molecule has 0 bridgehead atoms. The monoisotopic (exact) mass is 200 g/mol. The Hall–Kier alpha value is -1.10. The van der Waals surface area contributed by atoms with Gasteiger partial charge in [-0.15, -0.1) is 11.3 Å². The van der Waals surface area contributed by atoms with Crippen molar-refractivity contribution in [1.29, 1.82) is 0 Å². The lowest BCUT2D eigenvalue weighted by atomic mass is 10.3. The number of carboxylic acid groups (broad SMARTS) is 1. The van der Waals surface area contributed by atoms with E-state index in [2.05, 4.69) is 10.3 Å². The van der Waals surface area contributed by atoms with Crippen LogP contribution >= 0.6 is 11.3 Å². The largest absolute Gasteiger partial charge is 0.480 e. The van der Waals surface area contributed by atoms with E-state index in [4.69, 9.17) is 5.11 Å². The maximum Gasteiger partial charge on any atom is 0.325 e. The van der Waals surface area contributed by atoms with Gasteiger partial charge in [-0.1, -0.05) is 6.92 Å². The van der Waals surface area contributed by atoms with Crippen molar-refractivity contribution in [3.8, 4) is 0 Å². The van der Waals surface area contributed by atoms with Crippen molar-refractivity contribution in [1.82, 2.24) is 4.98 Å². The van der Waals surface area contributed by atoms with E-state index in [0.29, 0.717) is 5.13 Å². The van der Waals surface area contributed by atoms with Crippen molar-refractivity contribution < 1.29 is 9.90 Å². The van der Waals surface area contributed by atoms with Crippen LogP contribution in [0.5, 0.6) is 0 Å². The molecule has 0 spiro atoms. The van der Waals surface area contributed by atoms with Gasteiger partial charge < -0.3 is 10.4 Å². The molecule has 0 amide bonds. The van der Waals surface area contributed by atoms with Crippen molar-refractivity contribution in [2.45, 2.75) is 26.3 Å². The highest BCUT2D eigenvalue weighted by Crippen LogP contribution is 2.16. The highest BCUT2D eigenvalue weighted by molar-refractivity contribution is 7.13. The van der Waals surface area contributed by atoms with E-state index in [9.17, 15) is 4.79 Å². The number of anilines is 1. The van der Waals surface area contributed by atoms with E-state index in [1.807, 2.05) is 12.3 Å². The molecule has 0 saturated carbocycles. The topological polar surface area (TPSA) is 62.2 Å². The Morgan fingerprint density at radius 2 is 2.54 bits per heavy atom. The van der Waals surface area contributed by atoms with E-state index in [0.717, 1.165) is 12.1 Å². The van der Waals surface area contributed by atoms with E-state index < -0.39 is 12.0 Å². The second-order valence-electron chi connectivity index (χ2n) is 2.70. The van der Waals surface area contributed by atoms with Gasteiger partial charge in [0, 0.05) is 5.38 Å². The second kappa shape index (κ2) is 4.23. The first kappa shape index (κ1) is 9.98. The molecule has 4 nitrogen and oxygen atoms in total. The van der Waals surface area contributed by atoms with Crippen LogP contribution in [0.1, 0.15) is 19.5 Å². The molecule has 2 N–H and O–H groups in total. The summed E-state index contributed by atoms with van der Waals surface area (Å²) in [6.45, 7) is 3.61. The summed E-state index contributed by atoms with van der Waals surface area (Å²) in [5.41, 5.74) is 0.991. The maximum atomic E-state index is 10.5. The van der Waals surface area contributed by atoms with E-state index in [1.54, 1.807) is 6.92 Å². The molecule has 0 saturated heterocycles. The first-order chi connectivity index (χ1) is 6.13. The maximum absolute atomic E-state index is 10.5. The normalized spacial score (nSPS) is 12.5. The van der Waals surface area contributed by atoms with E-state index in [1.165, 1.54) is 11.3 Å². The summed E-state index contributed by atoms with van der Waals surface area (Å²) in [4.78, 5) is 14.7. The molecule has 0 fully saturated rings. The zero-order valence-electron chi connectivity index (χ0n) is 7.57. The molecule has 1 unspecified atom stereocenters. The Morgan fingerprint density at radius 1 is 1.85 bits per heavy atom. The lowest BCUT2D eigenvalue weighted by Crippen LogP contribution is -2.25. The molecular weight excluding hydrogens is 188 g/mol. The van der Waals surface area contributed by atoms with E-state index >= 15 is 0 Å². The third-order valence-corrected chi connectivity index (χ3v) is 2.45. The van der Waals surface area contributed by atoms with Crippen molar-refractivity contribution >= 4 is 22.4 Å². The average molecular weight is 200 g/mol. The predicted octanol–water partition coefficient (Wildman–Crippen LogP) is 1.59. The number of nitrogens with zero attached hydrogens (tertiary/aromatic N) is 1. The molecule has 0 aliphatic carbocycles. The standard InChI is InChI=1S/C8H12N2O2S/c1-3-6-4-13-8(10-6)9-5(2)7(11)12/h4-5H,3H2,1-2H3,(H,9,10)(H,11,12). The molecule has 1 atom stereocenters. The summed E-state index contributed by atoms with van der Waals surface area (Å²) >= 11 is 1.43. The molecule has 0 aliphatic heterocycles. The van der Waals surface area contributed by atoms with Gasteiger partial charge in [-0.2, -0.15) is 0 Å². The third kappa shape index (κ3) is 2.69. The van der Waals surface area contributed by atoms with Crippen LogP contribution in [0.4, 0.5) is 5.13 Å². The molecule has 1 heterocycles. The van der Waals surface area contributed by atoms with E-state index in [-0.39, 0.29) is 0 Å². The SMILES string of the molecule is CCc1csc(NC(C)C(=O)O)n1. The molecule has 72 valence electrons. The Kier molecular flexibility index (Phi) is 3.25. The highest BCUT2D eigenvalue weighted by Gasteiger charge is 2.11. The Bertz CT molecular complexity index is 298. The lowest BCUT2D eigenvalue weighted by molar-refractivity contribution is -0.137. The van der Waals surface area contributed by atoms with Crippen molar-refractivity contribution in [2.75, 3.05) is 5.32 Å². The number of carboxylic acids is 1. The number of hydrogen-bond acceptors (Lipinski definition) is 4. The number of nitrogens with one attached hydrogen (secondary N) is 1. The fourth-order valence-corrected chi connectivity index (χ4v) is 1.66. The Balaban J connectivity index is 2.58. The minimum absolute atomic E-state index is 0.587. The molecule has 0 aromatic carbocycles. The van der Waals surface area contributed by atoms with Gasteiger partial charge in [0.2, 0.25) is 0 Å². The second-order valence-corrected chi connectivity index (χ2v) is 3.56. The Labute approximate surface area is 80.6 Å². The van der Waals surface area contributed by atoms with Crippen LogP contribution in [-0.2, 0) is 11.2 Å². The van der Waals surface area contributed by atoms with Crippen LogP contribution in [0.25, 0.3) is 0 Å². The number of thiazole rings is 1. The van der Waals surface area contributed by atoms with Crippen molar-refractivity contribution in [2.24, 2.45) is 0 Å². The van der Waals surface area contributed by atoms with Crippen LogP contribution < -0.4 is 5.32 Å². The summed E-state index contributed by atoms with van der Waals surface area (Å²) in [6.07, 6.45) is 0.875. The highest BCUT2D eigenvalue weighted by atomic mass is 32.1. The minimum Gasteiger partial charge on any atom is -0.480 e. The predicted molar refractivity (Wildman–Crippen MR) is 52.2 cm³/mol. The number of rotatable bonds is 4. The van der Waals surface area contributed by atoms with Crippen molar-refractivity contribution in [3.63, 3.8) is 0 Å². The number of carbonyl (C=O) groups is 1. The van der Waals surface area contributed by atoms with Crippen LogP contribution in [0.3, 0.4) is 0 Å². The van der Waals surface area contributed by atoms with Gasteiger partial charge in [0.25, 0.3) is 0 Å². The van der Waals surface area contributed by atoms with Crippen LogP contribution in [0.15, 0.2) is 5.38 Å². The third-order valence-electron chi connectivity index (χ3n) is 1.62. The fourth-order valence-electron chi connectivity index (χ4n) is 0.783. The first-order valence-electron chi connectivity index (χ1n) is 4.07.